The number of nitrogens with one attached hydrogen (secondary N) is 1. The maximum Gasteiger partial charge on any atom is 0.573 e. The largest absolute Gasteiger partial charge is 0.573 e. The molecule has 0 bridgehead atoms. The maximum absolute atomic E-state index is 14.5. The van der Waals surface area contributed by atoms with E-state index in [1.54, 1.807) is 0 Å². The number of alkyl halides is 3. The number of aromatic nitrogens is 1. The summed E-state index contributed by atoms with van der Waals surface area (Å²) in [5, 5.41) is 2.27. The summed E-state index contributed by atoms with van der Waals surface area (Å²) >= 11 is 0. The van der Waals surface area contributed by atoms with Gasteiger partial charge in [-0.3, -0.25) is 14.6 Å². The van der Waals surface area contributed by atoms with Crippen LogP contribution in [0.25, 0.3) is 0 Å². The Morgan fingerprint density at radius 2 is 1.71 bits per heavy atom. The van der Waals surface area contributed by atoms with Crippen LogP contribution in [0.4, 0.5) is 27.6 Å². The van der Waals surface area contributed by atoms with Crippen molar-refractivity contribution in [2.75, 3.05) is 12.4 Å². The number of nitrogens with two attached hydrogens (primary N) is 1. The van der Waals surface area contributed by atoms with Gasteiger partial charge >= 0.3 is 6.36 Å². The number of nitrogens with zero attached hydrogens (tertiary/aromatic N) is 1. The number of primary amides is 1. The highest BCUT2D eigenvalue weighted by atomic mass is 19.4. The first-order valence-electron chi connectivity index (χ1n) is 9.14. The molecular formula is C21H14F5N3O5. The predicted octanol–water partition coefficient (Wildman–Crippen LogP) is 4.41. The number of rotatable bonds is 7. The molecule has 0 saturated carbocycles. The minimum absolute atomic E-state index is 0.0754. The van der Waals surface area contributed by atoms with E-state index in [0.717, 1.165) is 55.9 Å². The van der Waals surface area contributed by atoms with E-state index in [1.165, 1.54) is 0 Å². The van der Waals surface area contributed by atoms with Crippen LogP contribution in [0.1, 0.15) is 20.7 Å². The summed E-state index contributed by atoms with van der Waals surface area (Å²) in [7, 11) is 1.14. The van der Waals surface area contributed by atoms with Crippen molar-refractivity contribution >= 4 is 17.5 Å². The quantitative estimate of drug-likeness (QED) is 0.482. The Morgan fingerprint density at radius 3 is 2.35 bits per heavy atom. The molecule has 1 heterocycles. The van der Waals surface area contributed by atoms with Gasteiger partial charge in [-0.25, -0.2) is 8.78 Å². The third-order valence-electron chi connectivity index (χ3n) is 4.17. The van der Waals surface area contributed by atoms with Crippen molar-refractivity contribution in [1.82, 2.24) is 4.98 Å². The van der Waals surface area contributed by atoms with Crippen LogP contribution < -0.4 is 25.3 Å². The summed E-state index contributed by atoms with van der Waals surface area (Å²) < 4.78 is 79.7. The highest BCUT2D eigenvalue weighted by Crippen LogP contribution is 2.37. The summed E-state index contributed by atoms with van der Waals surface area (Å²) in [6, 6.07) is 5.79. The van der Waals surface area contributed by atoms with Crippen LogP contribution >= 0.6 is 0 Å². The molecule has 0 aliphatic rings. The van der Waals surface area contributed by atoms with Crippen molar-refractivity contribution in [3.8, 4) is 23.0 Å². The Kier molecular flexibility index (Phi) is 6.84. The lowest BCUT2D eigenvalue weighted by atomic mass is 10.1. The molecule has 0 saturated heterocycles. The minimum atomic E-state index is -4.94. The van der Waals surface area contributed by atoms with E-state index in [9.17, 15) is 31.5 Å². The summed E-state index contributed by atoms with van der Waals surface area (Å²) in [4.78, 5) is 27.6. The zero-order chi connectivity index (χ0) is 25.0. The van der Waals surface area contributed by atoms with E-state index < -0.39 is 52.4 Å². The van der Waals surface area contributed by atoms with Crippen LogP contribution in [-0.2, 0) is 0 Å². The van der Waals surface area contributed by atoms with Gasteiger partial charge in [0.05, 0.1) is 25.1 Å². The first-order valence-corrected chi connectivity index (χ1v) is 9.14. The number of methoxy groups -OCH3 is 1. The molecule has 8 nitrogen and oxygen atoms in total. The van der Waals surface area contributed by atoms with Crippen molar-refractivity contribution in [2.24, 2.45) is 5.73 Å². The van der Waals surface area contributed by atoms with Crippen LogP contribution in [0.3, 0.4) is 0 Å². The molecule has 34 heavy (non-hydrogen) atoms. The molecule has 0 unspecified atom stereocenters. The number of anilines is 1. The van der Waals surface area contributed by atoms with Crippen LogP contribution in [0.5, 0.6) is 23.0 Å². The van der Waals surface area contributed by atoms with Gasteiger partial charge in [-0.15, -0.1) is 13.2 Å². The second kappa shape index (κ2) is 9.60. The highest BCUT2D eigenvalue weighted by molar-refractivity contribution is 6.07. The Bertz CT molecular complexity index is 1250. The minimum Gasteiger partial charge on any atom is -0.493 e. The van der Waals surface area contributed by atoms with Crippen LogP contribution in [0, 0.1) is 11.6 Å². The van der Waals surface area contributed by atoms with Gasteiger partial charge < -0.3 is 25.3 Å². The topological polar surface area (TPSA) is 113 Å². The standard InChI is InChI=1S/C21H14F5N3O5/c1-32-16-7-11(34-21(24,25)26)3-5-15(16)33-17-9-28-8-14(23)18(17)20(31)29-10-2-4-13(22)12(6-10)19(27)30/h2-9H,1H3,(H2,27,30)(H,29,31). The van der Waals surface area contributed by atoms with Crippen LogP contribution in [0.15, 0.2) is 48.8 Å². The number of amides is 2. The first kappa shape index (κ1) is 24.2. The SMILES string of the molecule is COc1cc(OC(F)(F)F)ccc1Oc1cncc(F)c1C(=O)Nc1ccc(F)c(C(N)=O)c1. The molecular weight excluding hydrogens is 469 g/mol. The van der Waals surface area contributed by atoms with Crippen molar-refractivity contribution in [3.05, 3.63) is 71.6 Å². The molecule has 13 heteroatoms. The predicted molar refractivity (Wildman–Crippen MR) is 107 cm³/mol. The molecule has 0 fully saturated rings. The van der Waals surface area contributed by atoms with E-state index in [-0.39, 0.29) is 17.2 Å². The lowest BCUT2D eigenvalue weighted by molar-refractivity contribution is -0.274. The first-order chi connectivity index (χ1) is 16.0. The van der Waals surface area contributed by atoms with Gasteiger partial charge in [0.1, 0.15) is 17.1 Å². The molecule has 3 rings (SSSR count). The number of pyridine rings is 1. The van der Waals surface area contributed by atoms with E-state index in [4.69, 9.17) is 15.2 Å². The molecule has 3 aromatic rings. The molecule has 2 amide bonds. The van der Waals surface area contributed by atoms with Gasteiger partial charge in [-0.05, 0) is 30.3 Å². The summed E-state index contributed by atoms with van der Waals surface area (Å²) in [5.74, 6) is -5.60. The Morgan fingerprint density at radius 1 is 0.971 bits per heavy atom. The van der Waals surface area contributed by atoms with Crippen molar-refractivity contribution in [1.29, 1.82) is 0 Å². The molecule has 0 radical (unpaired) electrons. The maximum atomic E-state index is 14.5. The average Bonchev–Trinajstić information content (AvgIpc) is 2.74. The number of halogens is 5. The van der Waals surface area contributed by atoms with E-state index in [2.05, 4.69) is 15.0 Å². The fraction of sp³-hybridized carbons (Fsp3) is 0.0952. The van der Waals surface area contributed by atoms with Gasteiger partial charge in [-0.2, -0.15) is 0 Å². The molecule has 0 aliphatic carbocycles. The lowest BCUT2D eigenvalue weighted by Crippen LogP contribution is -2.18. The second-order valence-electron chi connectivity index (χ2n) is 6.47. The number of hydrogen-bond acceptors (Lipinski definition) is 6. The number of ether oxygens (including phenoxy) is 3. The zero-order valence-electron chi connectivity index (χ0n) is 17.1. The van der Waals surface area contributed by atoms with E-state index in [0.29, 0.717) is 0 Å². The van der Waals surface area contributed by atoms with Crippen molar-refractivity contribution in [2.45, 2.75) is 6.36 Å². The molecule has 0 spiro atoms. The van der Waals surface area contributed by atoms with E-state index >= 15 is 0 Å². The van der Waals surface area contributed by atoms with Gasteiger partial charge in [0.2, 0.25) is 0 Å². The fourth-order valence-corrected chi connectivity index (χ4v) is 2.75. The van der Waals surface area contributed by atoms with Crippen molar-refractivity contribution < 1.29 is 45.8 Å². The third-order valence-corrected chi connectivity index (χ3v) is 4.17. The Balaban J connectivity index is 1.92. The third kappa shape index (κ3) is 5.68. The second-order valence-corrected chi connectivity index (χ2v) is 6.47. The summed E-state index contributed by atoms with van der Waals surface area (Å²) in [6.45, 7) is 0. The normalized spacial score (nSPS) is 11.0. The fourth-order valence-electron chi connectivity index (χ4n) is 2.75. The number of carbonyl (C=O) groups excluding carboxylic acids is 2. The van der Waals surface area contributed by atoms with Crippen LogP contribution in [0.2, 0.25) is 0 Å². The van der Waals surface area contributed by atoms with Gasteiger partial charge in [0.25, 0.3) is 11.8 Å². The molecule has 1 aromatic heterocycles. The average molecular weight is 483 g/mol. The molecule has 0 aliphatic heterocycles. The number of benzene rings is 2. The van der Waals surface area contributed by atoms with Gasteiger partial charge in [0, 0.05) is 11.8 Å². The Hall–Kier alpha value is -4.42. The summed E-state index contributed by atoms with van der Waals surface area (Å²) in [5.41, 5.74) is 3.85. The molecule has 2 aromatic carbocycles. The summed E-state index contributed by atoms with van der Waals surface area (Å²) in [6.07, 6.45) is -3.24. The van der Waals surface area contributed by atoms with Crippen molar-refractivity contribution in [3.63, 3.8) is 0 Å². The van der Waals surface area contributed by atoms with Gasteiger partial charge in [-0.1, -0.05) is 0 Å². The monoisotopic (exact) mass is 483 g/mol. The lowest BCUT2D eigenvalue weighted by Gasteiger charge is -2.15. The highest BCUT2D eigenvalue weighted by Gasteiger charge is 2.31. The van der Waals surface area contributed by atoms with Gasteiger partial charge in [0.15, 0.2) is 23.1 Å². The molecule has 3 N–H and O–H groups in total. The number of carbonyl (C=O) groups is 2. The van der Waals surface area contributed by atoms with E-state index in [1.807, 2.05) is 0 Å². The molecule has 178 valence electrons. The smallest absolute Gasteiger partial charge is 0.493 e. The number of hydrogen-bond donors (Lipinski definition) is 2. The molecule has 0 atom stereocenters. The Labute approximate surface area is 188 Å². The zero-order valence-corrected chi connectivity index (χ0v) is 17.1. The van der Waals surface area contributed by atoms with Crippen LogP contribution in [-0.4, -0.2) is 30.3 Å².